The number of benzene rings is 1. The maximum absolute atomic E-state index is 12.3. The van der Waals surface area contributed by atoms with Crippen molar-refractivity contribution in [2.24, 2.45) is 7.05 Å². The summed E-state index contributed by atoms with van der Waals surface area (Å²) in [6.07, 6.45) is 1.39. The molecule has 1 heterocycles. The number of halogens is 2. The molecule has 1 aromatic heterocycles. The van der Waals surface area contributed by atoms with Gasteiger partial charge in [0.1, 0.15) is 11.3 Å². The van der Waals surface area contributed by atoms with E-state index in [0.29, 0.717) is 15.7 Å². The summed E-state index contributed by atoms with van der Waals surface area (Å²) in [5.74, 6) is -0.671. The highest BCUT2D eigenvalue weighted by Gasteiger charge is 2.21. The van der Waals surface area contributed by atoms with Crippen LogP contribution in [0.1, 0.15) is 17.3 Å². The van der Waals surface area contributed by atoms with Crippen LogP contribution >= 0.6 is 23.2 Å². The molecular formula is C13H12Cl2N2O3. The number of rotatable bonds is 3. The number of aryl methyl sites for hydroxylation is 1. The maximum atomic E-state index is 12.3. The van der Waals surface area contributed by atoms with E-state index in [1.165, 1.54) is 15.6 Å². The minimum atomic E-state index is -0.671. The Morgan fingerprint density at radius 3 is 2.45 bits per heavy atom. The molecule has 0 aliphatic carbocycles. The summed E-state index contributed by atoms with van der Waals surface area (Å²) in [6, 6.07) is 4.91. The molecule has 0 aliphatic heterocycles. The van der Waals surface area contributed by atoms with E-state index in [1.54, 1.807) is 32.2 Å². The molecular weight excluding hydrogens is 303 g/mol. The largest absolute Gasteiger partial charge is 0.462 e. The quantitative estimate of drug-likeness (QED) is 0.818. The van der Waals surface area contributed by atoms with Crippen molar-refractivity contribution in [3.8, 4) is 5.69 Å². The number of hydrogen-bond acceptors (Lipinski definition) is 3. The first-order chi connectivity index (χ1) is 9.47. The van der Waals surface area contributed by atoms with E-state index in [9.17, 15) is 9.59 Å². The van der Waals surface area contributed by atoms with Gasteiger partial charge < -0.3 is 4.74 Å². The average Bonchev–Trinajstić information content (AvgIpc) is 2.67. The smallest absolute Gasteiger partial charge is 0.345 e. The van der Waals surface area contributed by atoms with Gasteiger partial charge in [0.2, 0.25) is 0 Å². The van der Waals surface area contributed by atoms with Crippen molar-refractivity contribution in [2.45, 2.75) is 6.92 Å². The molecule has 0 atom stereocenters. The monoisotopic (exact) mass is 314 g/mol. The summed E-state index contributed by atoms with van der Waals surface area (Å²) in [6.45, 7) is 1.87. The van der Waals surface area contributed by atoms with Crippen molar-refractivity contribution >= 4 is 29.2 Å². The second kappa shape index (κ2) is 5.73. The van der Waals surface area contributed by atoms with Gasteiger partial charge in [0.05, 0.1) is 16.7 Å². The van der Waals surface area contributed by atoms with E-state index in [-0.39, 0.29) is 12.2 Å². The molecule has 0 radical (unpaired) electrons. The molecule has 0 bridgehead atoms. The van der Waals surface area contributed by atoms with Crippen LogP contribution < -0.4 is 5.56 Å². The van der Waals surface area contributed by atoms with Gasteiger partial charge in [-0.3, -0.25) is 9.48 Å². The van der Waals surface area contributed by atoms with Crippen molar-refractivity contribution in [1.29, 1.82) is 0 Å². The highest BCUT2D eigenvalue weighted by molar-refractivity contribution is 6.37. The van der Waals surface area contributed by atoms with Crippen LogP contribution in [0.5, 0.6) is 0 Å². The van der Waals surface area contributed by atoms with Gasteiger partial charge in [-0.15, -0.1) is 0 Å². The number of aromatic nitrogens is 2. The van der Waals surface area contributed by atoms with Crippen molar-refractivity contribution in [2.75, 3.05) is 6.61 Å². The van der Waals surface area contributed by atoms with Gasteiger partial charge in [0.15, 0.2) is 0 Å². The molecule has 20 heavy (non-hydrogen) atoms. The summed E-state index contributed by atoms with van der Waals surface area (Å²) < 4.78 is 7.52. The molecule has 0 unspecified atom stereocenters. The molecule has 0 amide bonds. The molecule has 0 N–H and O–H groups in total. The average molecular weight is 315 g/mol. The fourth-order valence-corrected chi connectivity index (χ4v) is 2.41. The Morgan fingerprint density at radius 2 is 1.90 bits per heavy atom. The van der Waals surface area contributed by atoms with Gasteiger partial charge in [0.25, 0.3) is 5.56 Å². The summed E-state index contributed by atoms with van der Waals surface area (Å²) in [5.41, 5.74) is -0.259. The van der Waals surface area contributed by atoms with Crippen LogP contribution in [0.3, 0.4) is 0 Å². The number of carbonyl (C=O) groups excluding carboxylic acids is 1. The Labute approximate surface area is 125 Å². The topological polar surface area (TPSA) is 53.2 Å². The summed E-state index contributed by atoms with van der Waals surface area (Å²) in [4.78, 5) is 24.1. The van der Waals surface area contributed by atoms with Crippen LogP contribution in [0.25, 0.3) is 5.69 Å². The molecule has 0 saturated heterocycles. The van der Waals surface area contributed by atoms with E-state index < -0.39 is 11.5 Å². The summed E-state index contributed by atoms with van der Waals surface area (Å²) in [7, 11) is 1.61. The van der Waals surface area contributed by atoms with E-state index in [0.717, 1.165) is 0 Å². The van der Waals surface area contributed by atoms with Crippen LogP contribution in [0.4, 0.5) is 0 Å². The second-order valence-corrected chi connectivity index (χ2v) is 4.84. The number of esters is 1. The molecule has 0 aliphatic rings. The van der Waals surface area contributed by atoms with E-state index in [1.807, 2.05) is 0 Å². The molecule has 1 aromatic carbocycles. The molecule has 106 valence electrons. The lowest BCUT2D eigenvalue weighted by molar-refractivity contribution is 0.0524. The van der Waals surface area contributed by atoms with Crippen molar-refractivity contribution in [3.05, 3.63) is 50.4 Å². The number of ether oxygens (including phenoxy) is 1. The molecule has 2 aromatic rings. The molecule has 5 nitrogen and oxygen atoms in total. The van der Waals surface area contributed by atoms with Crippen LogP contribution in [-0.4, -0.2) is 21.9 Å². The fourth-order valence-electron chi connectivity index (χ4n) is 1.86. The Balaban J connectivity index is 2.65. The van der Waals surface area contributed by atoms with Gasteiger partial charge in [-0.05, 0) is 19.1 Å². The van der Waals surface area contributed by atoms with Gasteiger partial charge in [-0.1, -0.05) is 29.3 Å². The maximum Gasteiger partial charge on any atom is 0.345 e. The zero-order valence-corrected chi connectivity index (χ0v) is 12.4. The third kappa shape index (κ3) is 2.46. The molecule has 7 heteroatoms. The normalized spacial score (nSPS) is 10.6. The van der Waals surface area contributed by atoms with E-state index in [4.69, 9.17) is 27.9 Å². The molecule has 0 spiro atoms. The fraction of sp³-hybridized carbons (Fsp3) is 0.231. The van der Waals surface area contributed by atoms with Crippen molar-refractivity contribution < 1.29 is 9.53 Å². The first-order valence-electron chi connectivity index (χ1n) is 5.87. The van der Waals surface area contributed by atoms with Crippen molar-refractivity contribution in [1.82, 2.24) is 9.36 Å². The van der Waals surface area contributed by atoms with Gasteiger partial charge in [0, 0.05) is 13.2 Å². The van der Waals surface area contributed by atoms with Gasteiger partial charge >= 0.3 is 5.97 Å². The highest BCUT2D eigenvalue weighted by atomic mass is 35.5. The Bertz CT molecular complexity index is 699. The zero-order chi connectivity index (χ0) is 14.9. The minimum Gasteiger partial charge on any atom is -0.462 e. The Kier molecular flexibility index (Phi) is 4.20. The Morgan fingerprint density at radius 1 is 1.30 bits per heavy atom. The third-order valence-electron chi connectivity index (χ3n) is 2.70. The lowest BCUT2D eigenvalue weighted by Gasteiger charge is -2.10. The predicted octanol–water partition coefficient (Wildman–Crippen LogP) is 2.66. The number of para-hydroxylation sites is 1. The minimum absolute atomic E-state index is 0.0645. The Hall–Kier alpha value is -1.72. The zero-order valence-electron chi connectivity index (χ0n) is 10.9. The predicted molar refractivity (Wildman–Crippen MR) is 77.0 cm³/mol. The lowest BCUT2D eigenvalue weighted by atomic mass is 10.3. The summed E-state index contributed by atoms with van der Waals surface area (Å²) in [5, 5.41) is 0.632. The van der Waals surface area contributed by atoms with Gasteiger partial charge in [-0.2, -0.15) is 0 Å². The van der Waals surface area contributed by atoms with Crippen LogP contribution in [-0.2, 0) is 11.8 Å². The lowest BCUT2D eigenvalue weighted by Crippen LogP contribution is -2.24. The van der Waals surface area contributed by atoms with E-state index in [2.05, 4.69) is 0 Å². The number of hydrogen-bond donors (Lipinski definition) is 0. The number of carbonyl (C=O) groups is 1. The summed E-state index contributed by atoms with van der Waals surface area (Å²) >= 11 is 12.2. The van der Waals surface area contributed by atoms with Crippen LogP contribution in [0.15, 0.2) is 29.2 Å². The first-order valence-corrected chi connectivity index (χ1v) is 6.63. The third-order valence-corrected chi connectivity index (χ3v) is 3.31. The number of nitrogens with zero attached hydrogens (tertiary/aromatic N) is 2. The highest BCUT2D eigenvalue weighted by Crippen LogP contribution is 2.27. The van der Waals surface area contributed by atoms with Crippen LogP contribution in [0.2, 0.25) is 10.0 Å². The van der Waals surface area contributed by atoms with Gasteiger partial charge in [-0.25, -0.2) is 9.48 Å². The molecule has 2 rings (SSSR count). The molecule has 0 saturated carbocycles. The standard InChI is InChI=1S/C13H12Cl2N2O3/c1-3-20-13(19)8-7-16(2)17(12(8)18)11-9(14)5-4-6-10(11)15/h4-7H,3H2,1-2H3. The molecule has 0 fully saturated rings. The van der Waals surface area contributed by atoms with Crippen LogP contribution in [0, 0.1) is 0 Å². The second-order valence-electron chi connectivity index (χ2n) is 4.02. The van der Waals surface area contributed by atoms with E-state index >= 15 is 0 Å². The SMILES string of the molecule is CCOC(=O)c1cn(C)n(-c2c(Cl)cccc2Cl)c1=O. The van der Waals surface area contributed by atoms with Crippen molar-refractivity contribution in [3.63, 3.8) is 0 Å². The first kappa shape index (κ1) is 14.7.